The fourth-order valence-electron chi connectivity index (χ4n) is 2.70. The van der Waals surface area contributed by atoms with E-state index in [-0.39, 0.29) is 18.2 Å². The molecule has 0 radical (unpaired) electrons. The van der Waals surface area contributed by atoms with Gasteiger partial charge in [-0.05, 0) is 33.6 Å². The first-order chi connectivity index (χ1) is 10.0. The summed E-state index contributed by atoms with van der Waals surface area (Å²) in [5.41, 5.74) is 1.98. The van der Waals surface area contributed by atoms with Crippen LogP contribution in [0.5, 0.6) is 0 Å². The summed E-state index contributed by atoms with van der Waals surface area (Å²) < 4.78 is 10.9. The van der Waals surface area contributed by atoms with Crippen molar-refractivity contribution in [1.29, 1.82) is 0 Å². The number of carbonyl (C=O) groups is 1. The summed E-state index contributed by atoms with van der Waals surface area (Å²) >= 11 is 0. The van der Waals surface area contributed by atoms with Crippen molar-refractivity contribution >= 4 is 6.03 Å². The molecule has 2 rings (SSSR count). The van der Waals surface area contributed by atoms with Crippen molar-refractivity contribution in [2.45, 2.75) is 52.7 Å². The van der Waals surface area contributed by atoms with Crippen molar-refractivity contribution in [2.24, 2.45) is 0 Å². The highest BCUT2D eigenvalue weighted by Crippen LogP contribution is 2.14. The van der Waals surface area contributed by atoms with Crippen LogP contribution in [0.2, 0.25) is 0 Å². The second kappa shape index (κ2) is 6.93. The lowest BCUT2D eigenvalue weighted by Crippen LogP contribution is -2.52. The number of nitrogens with one attached hydrogen (secondary N) is 1. The number of morpholine rings is 1. The highest BCUT2D eigenvalue weighted by molar-refractivity contribution is 5.74. The topological polar surface area (TPSA) is 67.6 Å². The SMILES string of the molecule is CC[C@H]1CN(C(=O)NCCc2c(C)noc2C)C[C@H](C)O1. The van der Waals surface area contributed by atoms with E-state index in [0.717, 1.165) is 29.9 Å². The first-order valence-corrected chi connectivity index (χ1v) is 7.61. The molecular weight excluding hydrogens is 270 g/mol. The zero-order valence-corrected chi connectivity index (χ0v) is 13.3. The highest BCUT2D eigenvalue weighted by Gasteiger charge is 2.27. The molecule has 21 heavy (non-hydrogen) atoms. The van der Waals surface area contributed by atoms with Crippen LogP contribution < -0.4 is 5.32 Å². The van der Waals surface area contributed by atoms with E-state index >= 15 is 0 Å². The largest absolute Gasteiger partial charge is 0.372 e. The van der Waals surface area contributed by atoms with E-state index in [1.807, 2.05) is 25.7 Å². The molecule has 0 spiro atoms. The summed E-state index contributed by atoms with van der Waals surface area (Å²) in [4.78, 5) is 14.1. The zero-order chi connectivity index (χ0) is 15.4. The van der Waals surface area contributed by atoms with Crippen molar-refractivity contribution < 1.29 is 14.1 Å². The third kappa shape index (κ3) is 3.97. The van der Waals surface area contributed by atoms with Gasteiger partial charge in [0.05, 0.1) is 17.9 Å². The maximum atomic E-state index is 12.2. The van der Waals surface area contributed by atoms with E-state index < -0.39 is 0 Å². The van der Waals surface area contributed by atoms with Crippen LogP contribution >= 0.6 is 0 Å². The van der Waals surface area contributed by atoms with Crippen molar-refractivity contribution in [2.75, 3.05) is 19.6 Å². The summed E-state index contributed by atoms with van der Waals surface area (Å²) in [7, 11) is 0. The first kappa shape index (κ1) is 15.8. The number of nitrogens with zero attached hydrogens (tertiary/aromatic N) is 2. The molecule has 1 aromatic rings. The third-order valence-corrected chi connectivity index (χ3v) is 3.90. The molecule has 1 N–H and O–H groups in total. The van der Waals surface area contributed by atoms with Crippen LogP contribution in [0.15, 0.2) is 4.52 Å². The fourth-order valence-corrected chi connectivity index (χ4v) is 2.70. The molecule has 0 unspecified atom stereocenters. The highest BCUT2D eigenvalue weighted by atomic mass is 16.5. The Morgan fingerprint density at radius 2 is 2.19 bits per heavy atom. The van der Waals surface area contributed by atoms with Crippen LogP contribution in [0.4, 0.5) is 4.79 Å². The number of rotatable bonds is 4. The number of amides is 2. The fraction of sp³-hybridized carbons (Fsp3) is 0.733. The number of carbonyl (C=O) groups excluding carboxylic acids is 1. The summed E-state index contributed by atoms with van der Waals surface area (Å²) in [5, 5.41) is 6.89. The minimum atomic E-state index is -0.0182. The van der Waals surface area contributed by atoms with E-state index in [9.17, 15) is 4.79 Å². The minimum Gasteiger partial charge on any atom is -0.372 e. The Morgan fingerprint density at radius 1 is 1.43 bits per heavy atom. The van der Waals surface area contributed by atoms with Gasteiger partial charge in [0.2, 0.25) is 0 Å². The second-order valence-electron chi connectivity index (χ2n) is 5.67. The van der Waals surface area contributed by atoms with Crippen LogP contribution in [0, 0.1) is 13.8 Å². The van der Waals surface area contributed by atoms with Crippen LogP contribution in [0.25, 0.3) is 0 Å². The number of ether oxygens (including phenoxy) is 1. The molecule has 1 saturated heterocycles. The Balaban J connectivity index is 1.81. The van der Waals surface area contributed by atoms with Crippen LogP contribution in [0.3, 0.4) is 0 Å². The molecule has 118 valence electrons. The monoisotopic (exact) mass is 295 g/mol. The Labute approximate surface area is 125 Å². The molecular formula is C15H25N3O3. The van der Waals surface area contributed by atoms with Gasteiger partial charge in [-0.2, -0.15) is 0 Å². The van der Waals surface area contributed by atoms with Gasteiger partial charge < -0.3 is 19.5 Å². The van der Waals surface area contributed by atoms with Crippen molar-refractivity contribution in [3.8, 4) is 0 Å². The van der Waals surface area contributed by atoms with E-state index in [4.69, 9.17) is 9.26 Å². The minimum absolute atomic E-state index is 0.0182. The quantitative estimate of drug-likeness (QED) is 0.923. The number of aromatic nitrogens is 1. The number of hydrogen-bond donors (Lipinski definition) is 1. The van der Waals surface area contributed by atoms with Gasteiger partial charge >= 0.3 is 6.03 Å². The van der Waals surface area contributed by atoms with E-state index in [1.54, 1.807) is 0 Å². The predicted molar refractivity (Wildman–Crippen MR) is 79.3 cm³/mol. The van der Waals surface area contributed by atoms with Crippen molar-refractivity contribution in [1.82, 2.24) is 15.4 Å². The Hall–Kier alpha value is -1.56. The first-order valence-electron chi connectivity index (χ1n) is 7.61. The third-order valence-electron chi connectivity index (χ3n) is 3.90. The molecule has 6 nitrogen and oxygen atoms in total. The van der Waals surface area contributed by atoms with Crippen molar-refractivity contribution in [3.05, 3.63) is 17.0 Å². The van der Waals surface area contributed by atoms with Crippen molar-refractivity contribution in [3.63, 3.8) is 0 Å². The van der Waals surface area contributed by atoms with Gasteiger partial charge in [0.15, 0.2) is 0 Å². The molecule has 0 saturated carbocycles. The normalized spacial score (nSPS) is 22.4. The van der Waals surface area contributed by atoms with Crippen LogP contribution in [-0.2, 0) is 11.2 Å². The molecule has 6 heteroatoms. The van der Waals surface area contributed by atoms with Crippen LogP contribution in [-0.4, -0.2) is 47.9 Å². The average Bonchev–Trinajstić information content (AvgIpc) is 2.78. The molecule has 1 aromatic heterocycles. The molecule has 0 bridgehead atoms. The molecule has 1 aliphatic rings. The standard InChI is InChI=1S/C15H25N3O3/c1-5-13-9-18(8-10(2)20-13)15(19)16-7-6-14-11(3)17-21-12(14)4/h10,13H,5-9H2,1-4H3,(H,16,19)/t10-,13-/m0/s1. The van der Waals surface area contributed by atoms with Gasteiger partial charge in [-0.25, -0.2) is 4.79 Å². The number of aryl methyl sites for hydroxylation is 2. The van der Waals surface area contributed by atoms with E-state index in [1.165, 1.54) is 0 Å². The molecule has 0 aliphatic carbocycles. The average molecular weight is 295 g/mol. The molecule has 2 heterocycles. The second-order valence-corrected chi connectivity index (χ2v) is 5.67. The van der Waals surface area contributed by atoms with Gasteiger partial charge in [-0.15, -0.1) is 0 Å². The Bertz CT molecular complexity index is 467. The van der Waals surface area contributed by atoms with Crippen LogP contribution in [0.1, 0.15) is 37.3 Å². The summed E-state index contributed by atoms with van der Waals surface area (Å²) in [5.74, 6) is 0.827. The Morgan fingerprint density at radius 3 is 2.81 bits per heavy atom. The molecule has 1 aliphatic heterocycles. The van der Waals surface area contributed by atoms with Gasteiger partial charge in [-0.3, -0.25) is 0 Å². The maximum Gasteiger partial charge on any atom is 0.317 e. The number of urea groups is 1. The lowest BCUT2D eigenvalue weighted by Gasteiger charge is -2.36. The molecule has 2 amide bonds. The molecule has 2 atom stereocenters. The lowest BCUT2D eigenvalue weighted by molar-refractivity contribution is -0.0645. The van der Waals surface area contributed by atoms with E-state index in [0.29, 0.717) is 19.6 Å². The Kier molecular flexibility index (Phi) is 5.22. The summed E-state index contributed by atoms with van der Waals surface area (Å²) in [6.07, 6.45) is 1.90. The smallest absolute Gasteiger partial charge is 0.317 e. The summed E-state index contributed by atoms with van der Waals surface area (Å²) in [6.45, 7) is 9.80. The van der Waals surface area contributed by atoms with Gasteiger partial charge in [0.1, 0.15) is 5.76 Å². The van der Waals surface area contributed by atoms with E-state index in [2.05, 4.69) is 17.4 Å². The molecule has 1 fully saturated rings. The van der Waals surface area contributed by atoms with Gasteiger partial charge in [-0.1, -0.05) is 12.1 Å². The van der Waals surface area contributed by atoms with Gasteiger partial charge in [0, 0.05) is 25.2 Å². The molecule has 0 aromatic carbocycles. The predicted octanol–water partition coefficient (Wildman–Crippen LogP) is 2.04. The summed E-state index contributed by atoms with van der Waals surface area (Å²) in [6, 6.07) is -0.0182. The zero-order valence-electron chi connectivity index (χ0n) is 13.3. The maximum absolute atomic E-state index is 12.2. The number of hydrogen-bond acceptors (Lipinski definition) is 4. The van der Waals surface area contributed by atoms with Gasteiger partial charge in [0.25, 0.3) is 0 Å². The lowest BCUT2D eigenvalue weighted by atomic mass is 10.1.